The molecule has 0 bridgehead atoms. The highest BCUT2D eigenvalue weighted by molar-refractivity contribution is 5.65. The molecule has 2 atom stereocenters. The van der Waals surface area contributed by atoms with Gasteiger partial charge in [0.1, 0.15) is 12.7 Å². The number of rotatable bonds is 4. The Morgan fingerprint density at radius 2 is 2.22 bits per heavy atom. The van der Waals surface area contributed by atoms with Gasteiger partial charge in [0.05, 0.1) is 6.61 Å². The van der Waals surface area contributed by atoms with E-state index in [1.54, 1.807) is 0 Å². The van der Waals surface area contributed by atoms with E-state index in [0.29, 0.717) is 6.61 Å². The molecule has 1 aliphatic rings. The molecule has 4 nitrogen and oxygen atoms in total. The Bertz CT molecular complexity index is 413. The van der Waals surface area contributed by atoms with Crippen LogP contribution in [0, 0.1) is 0 Å². The van der Waals surface area contributed by atoms with Crippen LogP contribution >= 0.6 is 0 Å². The molecule has 0 amide bonds. The van der Waals surface area contributed by atoms with Crippen LogP contribution < -0.4 is 0 Å². The van der Waals surface area contributed by atoms with Gasteiger partial charge in [0, 0.05) is 6.92 Å². The topological polar surface area (TPSA) is 44.8 Å². The van der Waals surface area contributed by atoms with Crippen LogP contribution in [0.3, 0.4) is 0 Å². The largest absolute Gasteiger partial charge is 0.463 e. The lowest BCUT2D eigenvalue weighted by Gasteiger charge is -2.08. The molecule has 4 heteroatoms. The first-order chi connectivity index (χ1) is 8.74. The average Bonchev–Trinajstić information content (AvgIpc) is 2.83. The third-order valence-corrected chi connectivity index (χ3v) is 2.49. The second-order valence-corrected chi connectivity index (χ2v) is 4.03. The van der Waals surface area contributed by atoms with Gasteiger partial charge in [0.2, 0.25) is 0 Å². The van der Waals surface area contributed by atoms with Crippen LogP contribution in [-0.2, 0) is 19.0 Å². The highest BCUT2D eigenvalue weighted by atomic mass is 16.7. The maximum absolute atomic E-state index is 10.7. The van der Waals surface area contributed by atoms with Crippen molar-refractivity contribution in [1.29, 1.82) is 0 Å². The zero-order chi connectivity index (χ0) is 12.8. The molecule has 18 heavy (non-hydrogen) atoms. The molecule has 1 aromatic rings. The molecule has 0 radical (unpaired) electrons. The third kappa shape index (κ3) is 3.98. The second-order valence-electron chi connectivity index (χ2n) is 4.03. The molecule has 2 rings (SSSR count). The normalized spacial score (nSPS) is 23.4. The number of hydrogen-bond acceptors (Lipinski definition) is 4. The molecule has 1 saturated heterocycles. The van der Waals surface area contributed by atoms with Gasteiger partial charge in [-0.05, 0) is 11.6 Å². The number of hydrogen-bond donors (Lipinski definition) is 0. The van der Waals surface area contributed by atoms with Crippen LogP contribution in [0.25, 0.3) is 6.08 Å². The summed E-state index contributed by atoms with van der Waals surface area (Å²) in [7, 11) is 0. The Hall–Kier alpha value is -1.65. The fourth-order valence-corrected chi connectivity index (χ4v) is 1.62. The number of benzene rings is 1. The van der Waals surface area contributed by atoms with Crippen molar-refractivity contribution in [3.8, 4) is 0 Å². The highest BCUT2D eigenvalue weighted by Gasteiger charge is 2.24. The minimum Gasteiger partial charge on any atom is -0.463 e. The molecule has 1 fully saturated rings. The molecular formula is C14H16O4. The van der Waals surface area contributed by atoms with Gasteiger partial charge in [0.25, 0.3) is 0 Å². The highest BCUT2D eigenvalue weighted by Crippen LogP contribution is 2.14. The summed E-state index contributed by atoms with van der Waals surface area (Å²) in [5, 5.41) is 0. The summed E-state index contributed by atoms with van der Waals surface area (Å²) in [6.07, 6.45) is 3.24. The van der Waals surface area contributed by atoms with Crippen LogP contribution in [0.2, 0.25) is 0 Å². The van der Waals surface area contributed by atoms with E-state index in [4.69, 9.17) is 14.2 Å². The maximum atomic E-state index is 10.7. The van der Waals surface area contributed by atoms with Gasteiger partial charge in [-0.2, -0.15) is 0 Å². The molecule has 0 saturated carbocycles. The van der Waals surface area contributed by atoms with Crippen LogP contribution in [0.15, 0.2) is 36.4 Å². The van der Waals surface area contributed by atoms with Crippen LogP contribution in [0.5, 0.6) is 0 Å². The van der Waals surface area contributed by atoms with Gasteiger partial charge in [-0.25, -0.2) is 0 Å². The van der Waals surface area contributed by atoms with Gasteiger partial charge in [-0.15, -0.1) is 0 Å². The Balaban J connectivity index is 1.79. The fourth-order valence-electron chi connectivity index (χ4n) is 1.62. The van der Waals surface area contributed by atoms with E-state index >= 15 is 0 Å². The van der Waals surface area contributed by atoms with Crippen molar-refractivity contribution in [2.24, 2.45) is 0 Å². The lowest BCUT2D eigenvalue weighted by atomic mass is 10.2. The van der Waals surface area contributed by atoms with Crippen molar-refractivity contribution in [2.45, 2.75) is 19.3 Å². The van der Waals surface area contributed by atoms with Crippen molar-refractivity contribution in [2.75, 3.05) is 13.2 Å². The van der Waals surface area contributed by atoms with E-state index in [0.717, 1.165) is 5.56 Å². The maximum Gasteiger partial charge on any atom is 0.302 e. The number of carbonyl (C=O) groups is 1. The first-order valence-corrected chi connectivity index (χ1v) is 5.88. The molecule has 1 heterocycles. The van der Waals surface area contributed by atoms with Crippen LogP contribution in [0.4, 0.5) is 0 Å². The standard InChI is InChI=1S/C14H16O4/c1-11(15)16-9-13-10-17-14(18-13)8-7-12-5-3-2-4-6-12/h2-8,13-14H,9-10H2,1H3/b8-7+/t13-,14-/m0/s1. The molecule has 0 aromatic heterocycles. The predicted molar refractivity (Wildman–Crippen MR) is 66.7 cm³/mol. The van der Waals surface area contributed by atoms with Crippen molar-refractivity contribution in [3.63, 3.8) is 0 Å². The first-order valence-electron chi connectivity index (χ1n) is 5.88. The lowest BCUT2D eigenvalue weighted by Crippen LogP contribution is -2.20. The summed E-state index contributed by atoms with van der Waals surface area (Å²) >= 11 is 0. The molecule has 96 valence electrons. The molecule has 0 unspecified atom stereocenters. The average molecular weight is 248 g/mol. The van der Waals surface area contributed by atoms with Crippen molar-refractivity contribution >= 4 is 12.0 Å². The van der Waals surface area contributed by atoms with Crippen LogP contribution in [0.1, 0.15) is 12.5 Å². The summed E-state index contributed by atoms with van der Waals surface area (Å²) in [5.74, 6) is -0.304. The molecule has 0 aliphatic carbocycles. The van der Waals surface area contributed by atoms with E-state index in [2.05, 4.69) is 0 Å². The Morgan fingerprint density at radius 3 is 2.94 bits per heavy atom. The van der Waals surface area contributed by atoms with Crippen molar-refractivity contribution in [3.05, 3.63) is 42.0 Å². The van der Waals surface area contributed by atoms with Gasteiger partial charge < -0.3 is 14.2 Å². The lowest BCUT2D eigenvalue weighted by molar-refractivity contribution is -0.144. The summed E-state index contributed by atoms with van der Waals surface area (Å²) in [5.41, 5.74) is 1.09. The van der Waals surface area contributed by atoms with Gasteiger partial charge >= 0.3 is 5.97 Å². The Morgan fingerprint density at radius 1 is 1.44 bits per heavy atom. The molecule has 0 spiro atoms. The number of carbonyl (C=O) groups excluding carboxylic acids is 1. The van der Waals surface area contributed by atoms with Gasteiger partial charge in [-0.3, -0.25) is 4.79 Å². The smallest absolute Gasteiger partial charge is 0.302 e. The van der Waals surface area contributed by atoms with E-state index in [-0.39, 0.29) is 25.0 Å². The van der Waals surface area contributed by atoms with Gasteiger partial charge in [-0.1, -0.05) is 36.4 Å². The summed E-state index contributed by atoms with van der Waals surface area (Å²) in [6.45, 7) is 2.06. The quantitative estimate of drug-likeness (QED) is 0.764. The van der Waals surface area contributed by atoms with Crippen LogP contribution in [-0.4, -0.2) is 31.6 Å². The SMILES string of the molecule is CC(=O)OC[C@H]1CO[C@H](/C=C/c2ccccc2)O1. The molecule has 1 aliphatic heterocycles. The summed E-state index contributed by atoms with van der Waals surface area (Å²) in [6, 6.07) is 9.91. The second kappa shape index (κ2) is 6.33. The van der Waals surface area contributed by atoms with Gasteiger partial charge in [0.15, 0.2) is 6.29 Å². The fraction of sp³-hybridized carbons (Fsp3) is 0.357. The molecular weight excluding hydrogens is 232 g/mol. The van der Waals surface area contributed by atoms with E-state index in [1.165, 1.54) is 6.92 Å². The Labute approximate surface area is 106 Å². The minimum absolute atomic E-state index is 0.181. The monoisotopic (exact) mass is 248 g/mol. The number of ether oxygens (including phenoxy) is 3. The minimum atomic E-state index is -0.370. The number of esters is 1. The molecule has 0 N–H and O–H groups in total. The zero-order valence-electron chi connectivity index (χ0n) is 10.2. The van der Waals surface area contributed by atoms with E-state index in [9.17, 15) is 4.79 Å². The Kier molecular flexibility index (Phi) is 4.50. The van der Waals surface area contributed by atoms with Crippen molar-refractivity contribution in [1.82, 2.24) is 0 Å². The first kappa shape index (κ1) is 12.8. The summed E-state index contributed by atoms with van der Waals surface area (Å²) in [4.78, 5) is 10.7. The van der Waals surface area contributed by atoms with E-state index < -0.39 is 0 Å². The predicted octanol–water partition coefficient (Wildman–Crippen LogP) is 2.00. The zero-order valence-corrected chi connectivity index (χ0v) is 10.2. The summed E-state index contributed by atoms with van der Waals surface area (Å²) < 4.78 is 15.8. The molecule has 1 aromatic carbocycles. The van der Waals surface area contributed by atoms with E-state index in [1.807, 2.05) is 42.5 Å². The third-order valence-electron chi connectivity index (χ3n) is 2.49. The van der Waals surface area contributed by atoms with Crippen molar-refractivity contribution < 1.29 is 19.0 Å².